The van der Waals surface area contributed by atoms with Gasteiger partial charge in [0.15, 0.2) is 0 Å². The maximum absolute atomic E-state index is 13.0. The molecule has 3 aliphatic carbocycles. The third kappa shape index (κ3) is 2.40. The summed E-state index contributed by atoms with van der Waals surface area (Å²) >= 11 is 1.54. The molecule has 1 spiro atoms. The van der Waals surface area contributed by atoms with Crippen LogP contribution in [0.4, 0.5) is 0 Å². The van der Waals surface area contributed by atoms with Crippen molar-refractivity contribution in [2.45, 2.75) is 44.2 Å². The van der Waals surface area contributed by atoms with Crippen molar-refractivity contribution in [2.24, 2.45) is 11.8 Å². The Kier molecular flexibility index (Phi) is 3.57. The van der Waals surface area contributed by atoms with Crippen molar-refractivity contribution < 1.29 is 9.53 Å². The first kappa shape index (κ1) is 15.6. The third-order valence-corrected chi connectivity index (χ3v) is 7.59. The molecule has 132 valence electrons. The summed E-state index contributed by atoms with van der Waals surface area (Å²) in [4.78, 5) is 13.8. The smallest absolute Gasteiger partial charge is 0.261 e. The minimum atomic E-state index is 0.0780. The van der Waals surface area contributed by atoms with Gasteiger partial charge in [0.25, 0.3) is 5.91 Å². The van der Waals surface area contributed by atoms with Crippen LogP contribution in [0.5, 0.6) is 5.75 Å². The molecule has 1 aromatic heterocycles. The maximum Gasteiger partial charge on any atom is 0.261 e. The first-order valence-corrected chi connectivity index (χ1v) is 10.2. The lowest BCUT2D eigenvalue weighted by molar-refractivity contribution is 0.0637. The molecule has 2 aromatic rings. The summed E-state index contributed by atoms with van der Waals surface area (Å²) in [5.41, 5.74) is 0.198. The van der Waals surface area contributed by atoms with Gasteiger partial charge in [0, 0.05) is 6.54 Å². The lowest BCUT2D eigenvalue weighted by atomic mass is 9.61. The molecule has 1 saturated heterocycles. The van der Waals surface area contributed by atoms with Crippen molar-refractivity contribution in [1.82, 2.24) is 10.6 Å². The fourth-order valence-corrected chi connectivity index (χ4v) is 6.16. The number of hydrogen-bond acceptors (Lipinski definition) is 4. The Bertz CT molecular complexity index is 818. The van der Waals surface area contributed by atoms with Gasteiger partial charge in [0.2, 0.25) is 0 Å². The van der Waals surface area contributed by atoms with Gasteiger partial charge in [-0.15, -0.1) is 11.3 Å². The molecule has 6 rings (SSSR count). The normalized spacial score (nSPS) is 32.9. The Morgan fingerprint density at radius 3 is 2.88 bits per heavy atom. The molecule has 2 bridgehead atoms. The van der Waals surface area contributed by atoms with Crippen LogP contribution in [0.15, 0.2) is 24.3 Å². The van der Waals surface area contributed by atoms with Crippen LogP contribution < -0.4 is 15.4 Å². The van der Waals surface area contributed by atoms with Crippen LogP contribution in [0.2, 0.25) is 0 Å². The number of carbonyl (C=O) groups is 1. The third-order valence-electron chi connectivity index (χ3n) is 6.43. The minimum Gasteiger partial charge on any atom is -0.492 e. The quantitative estimate of drug-likeness (QED) is 0.824. The fraction of sp³-hybridized carbons (Fsp3) is 0.550. The van der Waals surface area contributed by atoms with Gasteiger partial charge in [-0.2, -0.15) is 0 Å². The standard InChI is InChI=1S/C20H24N2O2S/c1-2-24-15-5-3-4-13-10-16(25-17(13)15)19(23)22-18-12-6-8-14(9-7-12)20(18)11-21-20/h3-5,10,12,14,18,21H,2,6-9,11H2,1H3,(H,22,23)/t12?,14?,18?,20-/m0/s1. The molecule has 4 fully saturated rings. The number of thiophene rings is 1. The zero-order valence-corrected chi connectivity index (χ0v) is 15.3. The Hall–Kier alpha value is -1.59. The molecule has 1 aromatic carbocycles. The van der Waals surface area contributed by atoms with E-state index in [2.05, 4.69) is 16.7 Å². The molecule has 2 atom stereocenters. The highest BCUT2D eigenvalue weighted by Crippen LogP contribution is 2.51. The number of carbonyl (C=O) groups excluding carboxylic acids is 1. The van der Waals surface area contributed by atoms with Crippen LogP contribution in [0.3, 0.4) is 0 Å². The first-order valence-electron chi connectivity index (χ1n) is 9.42. The molecule has 4 aliphatic rings. The number of ether oxygens (including phenoxy) is 1. The van der Waals surface area contributed by atoms with E-state index in [9.17, 15) is 4.79 Å². The van der Waals surface area contributed by atoms with E-state index in [-0.39, 0.29) is 11.4 Å². The largest absolute Gasteiger partial charge is 0.492 e. The summed E-state index contributed by atoms with van der Waals surface area (Å²) in [7, 11) is 0. The average Bonchev–Trinajstić information content (AvgIpc) is 3.28. The first-order chi connectivity index (χ1) is 12.2. The van der Waals surface area contributed by atoms with Crippen LogP contribution in [0.25, 0.3) is 10.1 Å². The predicted molar refractivity (Wildman–Crippen MR) is 100 cm³/mol. The summed E-state index contributed by atoms with van der Waals surface area (Å²) in [6.07, 6.45) is 5.18. The highest BCUT2D eigenvalue weighted by molar-refractivity contribution is 7.21. The summed E-state index contributed by atoms with van der Waals surface area (Å²) in [5.74, 6) is 2.34. The minimum absolute atomic E-state index is 0.0780. The number of hydrogen-bond donors (Lipinski definition) is 2. The van der Waals surface area contributed by atoms with Crippen molar-refractivity contribution in [1.29, 1.82) is 0 Å². The Morgan fingerprint density at radius 2 is 2.16 bits per heavy atom. The van der Waals surface area contributed by atoms with Gasteiger partial charge >= 0.3 is 0 Å². The van der Waals surface area contributed by atoms with E-state index in [1.54, 1.807) is 11.3 Å². The van der Waals surface area contributed by atoms with E-state index in [1.807, 2.05) is 25.1 Å². The molecule has 3 saturated carbocycles. The van der Waals surface area contributed by atoms with Crippen LogP contribution in [0, 0.1) is 11.8 Å². The molecule has 2 heterocycles. The van der Waals surface area contributed by atoms with Gasteiger partial charge in [-0.3, -0.25) is 4.79 Å². The number of fused-ring (bicyclic) bond motifs is 3. The molecular formula is C20H24N2O2S. The second-order valence-corrected chi connectivity index (χ2v) is 8.73. The molecule has 25 heavy (non-hydrogen) atoms. The molecule has 2 N–H and O–H groups in total. The van der Waals surface area contributed by atoms with Crippen molar-refractivity contribution in [3.63, 3.8) is 0 Å². The van der Waals surface area contributed by atoms with Crippen LogP contribution >= 0.6 is 11.3 Å². The number of amides is 1. The van der Waals surface area contributed by atoms with E-state index in [0.717, 1.165) is 33.2 Å². The van der Waals surface area contributed by atoms with Gasteiger partial charge in [-0.1, -0.05) is 12.1 Å². The zero-order chi connectivity index (χ0) is 17.0. The lowest BCUT2D eigenvalue weighted by Crippen LogP contribution is -2.60. The molecule has 1 amide bonds. The number of rotatable bonds is 4. The summed E-state index contributed by atoms with van der Waals surface area (Å²) in [5, 5.41) is 8.10. The topological polar surface area (TPSA) is 60.3 Å². The van der Waals surface area contributed by atoms with E-state index in [0.29, 0.717) is 18.6 Å². The van der Waals surface area contributed by atoms with Gasteiger partial charge in [-0.05, 0) is 62.0 Å². The molecule has 4 nitrogen and oxygen atoms in total. The van der Waals surface area contributed by atoms with Gasteiger partial charge < -0.3 is 15.4 Å². The van der Waals surface area contributed by atoms with Crippen LogP contribution in [-0.2, 0) is 0 Å². The van der Waals surface area contributed by atoms with Crippen LogP contribution in [-0.4, -0.2) is 30.6 Å². The van der Waals surface area contributed by atoms with Crippen molar-refractivity contribution in [3.8, 4) is 5.75 Å². The zero-order valence-electron chi connectivity index (χ0n) is 14.5. The lowest BCUT2D eigenvalue weighted by Gasteiger charge is -2.48. The van der Waals surface area contributed by atoms with E-state index in [4.69, 9.17) is 4.74 Å². The summed E-state index contributed by atoms with van der Waals surface area (Å²) in [6, 6.07) is 8.32. The molecule has 1 unspecified atom stereocenters. The molecule has 5 heteroatoms. The molecule has 0 radical (unpaired) electrons. The highest BCUT2D eigenvalue weighted by atomic mass is 32.1. The highest BCUT2D eigenvalue weighted by Gasteiger charge is 2.61. The SMILES string of the molecule is CCOc1cccc2cc(C(=O)NC3C4CCC(CC4)[C@@]34CN4)sc12. The molecular weight excluding hydrogens is 332 g/mol. The summed E-state index contributed by atoms with van der Waals surface area (Å²) < 4.78 is 6.78. The van der Waals surface area contributed by atoms with Gasteiger partial charge in [0.05, 0.1) is 27.8 Å². The van der Waals surface area contributed by atoms with E-state index < -0.39 is 0 Å². The Balaban J connectivity index is 1.41. The van der Waals surface area contributed by atoms with Crippen molar-refractivity contribution in [2.75, 3.05) is 13.2 Å². The average molecular weight is 356 g/mol. The van der Waals surface area contributed by atoms with Gasteiger partial charge in [0.1, 0.15) is 5.75 Å². The summed E-state index contributed by atoms with van der Waals surface area (Å²) in [6.45, 7) is 3.69. The van der Waals surface area contributed by atoms with Crippen molar-refractivity contribution >= 4 is 27.3 Å². The van der Waals surface area contributed by atoms with Crippen molar-refractivity contribution in [3.05, 3.63) is 29.1 Å². The maximum atomic E-state index is 13.0. The van der Waals surface area contributed by atoms with E-state index >= 15 is 0 Å². The predicted octanol–water partition coefficient (Wildman–Crippen LogP) is 3.56. The second kappa shape index (κ2) is 5.71. The second-order valence-electron chi connectivity index (χ2n) is 7.67. The fourth-order valence-electron chi connectivity index (χ4n) is 5.13. The Labute approximate surface area is 151 Å². The number of benzene rings is 1. The number of nitrogens with one attached hydrogen (secondary N) is 2. The Morgan fingerprint density at radius 1 is 1.36 bits per heavy atom. The van der Waals surface area contributed by atoms with Crippen LogP contribution in [0.1, 0.15) is 42.3 Å². The molecule has 1 aliphatic heterocycles. The monoisotopic (exact) mass is 356 g/mol. The van der Waals surface area contributed by atoms with E-state index in [1.165, 1.54) is 25.7 Å². The van der Waals surface area contributed by atoms with Gasteiger partial charge in [-0.25, -0.2) is 0 Å².